The van der Waals surface area contributed by atoms with Crippen LogP contribution in [-0.2, 0) is 11.0 Å². The predicted octanol–water partition coefficient (Wildman–Crippen LogP) is 1.91. The molecule has 138 valence electrons. The first-order valence-electron chi connectivity index (χ1n) is 7.98. The Kier molecular flexibility index (Phi) is 5.03. The largest absolute Gasteiger partial charge is 0.416 e. The number of nitrogens with two attached hydrogens (primary N) is 1. The maximum atomic E-state index is 12.8. The van der Waals surface area contributed by atoms with Crippen LogP contribution >= 0.6 is 0 Å². The second-order valence-electron chi connectivity index (χ2n) is 5.89. The van der Waals surface area contributed by atoms with Gasteiger partial charge in [0.25, 0.3) is 0 Å². The number of carbonyl (C=O) groups is 1. The number of nitrogens with zero attached hydrogens (tertiary/aromatic N) is 4. The van der Waals surface area contributed by atoms with Crippen molar-refractivity contribution in [2.45, 2.75) is 18.5 Å². The van der Waals surface area contributed by atoms with Crippen molar-refractivity contribution in [3.05, 3.63) is 41.9 Å². The number of hydrogen-bond acceptors (Lipinski definition) is 6. The predicted molar refractivity (Wildman–Crippen MR) is 87.5 cm³/mol. The smallest absolute Gasteiger partial charge is 0.341 e. The Labute approximate surface area is 147 Å². The molecule has 26 heavy (non-hydrogen) atoms. The zero-order valence-corrected chi connectivity index (χ0v) is 13.7. The van der Waals surface area contributed by atoms with Gasteiger partial charge in [0.05, 0.1) is 17.8 Å². The van der Waals surface area contributed by atoms with E-state index >= 15 is 0 Å². The molecule has 0 spiro atoms. The third-order valence-corrected chi connectivity index (χ3v) is 4.14. The van der Waals surface area contributed by atoms with Gasteiger partial charge in [-0.3, -0.25) is 4.79 Å². The summed E-state index contributed by atoms with van der Waals surface area (Å²) in [6.45, 7) is 1.07. The van der Waals surface area contributed by atoms with Crippen LogP contribution in [0.2, 0.25) is 0 Å². The summed E-state index contributed by atoms with van der Waals surface area (Å²) in [5, 5.41) is 2.69. The number of carbonyl (C=O) groups excluding carboxylic acids is 1. The number of aromatic nitrogens is 3. The van der Waals surface area contributed by atoms with E-state index in [-0.39, 0.29) is 30.1 Å². The minimum atomic E-state index is -4.45. The number of hydrogen-bond donors (Lipinski definition) is 2. The fourth-order valence-electron chi connectivity index (χ4n) is 2.81. The SMILES string of the molecule is NCC(=O)N1CC[C@H](c2ccnc(Nc3cc(C(F)(F)F)ccn3)n2)C1. The van der Waals surface area contributed by atoms with Crippen molar-refractivity contribution < 1.29 is 18.0 Å². The first kappa shape index (κ1) is 18.1. The quantitative estimate of drug-likeness (QED) is 0.858. The van der Waals surface area contributed by atoms with Crippen LogP contribution in [0.5, 0.6) is 0 Å². The van der Waals surface area contributed by atoms with Gasteiger partial charge in [0.15, 0.2) is 0 Å². The van der Waals surface area contributed by atoms with Gasteiger partial charge in [0.2, 0.25) is 11.9 Å². The normalized spacial score (nSPS) is 17.4. The molecule has 0 aliphatic carbocycles. The number of alkyl halides is 3. The molecule has 3 heterocycles. The highest BCUT2D eigenvalue weighted by Crippen LogP contribution is 2.30. The molecule has 1 aliphatic heterocycles. The fourth-order valence-corrected chi connectivity index (χ4v) is 2.81. The molecule has 3 rings (SSSR count). The molecule has 0 saturated carbocycles. The van der Waals surface area contributed by atoms with Crippen molar-refractivity contribution in [3.63, 3.8) is 0 Å². The third kappa shape index (κ3) is 4.07. The molecular weight excluding hydrogens is 349 g/mol. The van der Waals surface area contributed by atoms with E-state index in [0.717, 1.165) is 24.8 Å². The molecule has 1 saturated heterocycles. The minimum Gasteiger partial charge on any atom is -0.341 e. The zero-order valence-electron chi connectivity index (χ0n) is 13.7. The maximum Gasteiger partial charge on any atom is 0.416 e. The molecule has 1 aliphatic rings. The van der Waals surface area contributed by atoms with Crippen molar-refractivity contribution in [2.75, 3.05) is 25.0 Å². The van der Waals surface area contributed by atoms with Crippen molar-refractivity contribution in [1.29, 1.82) is 0 Å². The summed E-state index contributed by atoms with van der Waals surface area (Å²) in [6.07, 6.45) is -1.12. The first-order valence-corrected chi connectivity index (χ1v) is 7.98. The van der Waals surface area contributed by atoms with Crippen molar-refractivity contribution in [3.8, 4) is 0 Å². The highest BCUT2D eigenvalue weighted by Gasteiger charge is 2.31. The van der Waals surface area contributed by atoms with Crippen molar-refractivity contribution in [1.82, 2.24) is 19.9 Å². The van der Waals surface area contributed by atoms with Gasteiger partial charge >= 0.3 is 6.18 Å². The first-order chi connectivity index (χ1) is 12.4. The van der Waals surface area contributed by atoms with Gasteiger partial charge in [-0.15, -0.1) is 0 Å². The number of amides is 1. The van der Waals surface area contributed by atoms with E-state index < -0.39 is 11.7 Å². The van der Waals surface area contributed by atoms with Crippen LogP contribution in [-0.4, -0.2) is 45.4 Å². The van der Waals surface area contributed by atoms with E-state index in [1.807, 2.05) is 0 Å². The molecule has 1 atom stereocenters. The highest BCUT2D eigenvalue weighted by atomic mass is 19.4. The van der Waals surface area contributed by atoms with E-state index in [1.165, 1.54) is 6.20 Å². The summed E-state index contributed by atoms with van der Waals surface area (Å²) in [5.41, 5.74) is 5.28. The molecule has 3 N–H and O–H groups in total. The number of pyridine rings is 1. The molecular formula is C16H17F3N6O. The lowest BCUT2D eigenvalue weighted by Crippen LogP contribution is -2.33. The standard InChI is InChI=1S/C16H17F3N6O/c17-16(18,19)11-1-4-21-13(7-11)24-15-22-5-2-12(23-15)10-3-6-25(9-10)14(26)8-20/h1-2,4-5,7,10H,3,6,8-9,20H2,(H,21,22,23,24)/t10-/m0/s1. The molecule has 0 aromatic carbocycles. The number of halogens is 3. The van der Waals surface area contributed by atoms with Crippen LogP contribution < -0.4 is 11.1 Å². The van der Waals surface area contributed by atoms with E-state index in [2.05, 4.69) is 20.3 Å². The lowest BCUT2D eigenvalue weighted by molar-refractivity contribution is -0.137. The summed E-state index contributed by atoms with van der Waals surface area (Å²) in [5.74, 6) is 0.0675. The van der Waals surface area contributed by atoms with E-state index in [0.29, 0.717) is 18.8 Å². The molecule has 2 aromatic heterocycles. The van der Waals surface area contributed by atoms with Crippen LogP contribution in [0, 0.1) is 0 Å². The Bertz CT molecular complexity index is 798. The Hall–Kier alpha value is -2.75. The van der Waals surface area contributed by atoms with E-state index in [1.54, 1.807) is 11.0 Å². The molecule has 0 unspecified atom stereocenters. The molecule has 2 aromatic rings. The van der Waals surface area contributed by atoms with Crippen LogP contribution in [0.25, 0.3) is 0 Å². The summed E-state index contributed by atoms with van der Waals surface area (Å²) in [7, 11) is 0. The minimum absolute atomic E-state index is 0.00309. The van der Waals surface area contributed by atoms with Gasteiger partial charge in [0.1, 0.15) is 5.82 Å². The van der Waals surface area contributed by atoms with Gasteiger partial charge in [-0.2, -0.15) is 13.2 Å². The summed E-state index contributed by atoms with van der Waals surface area (Å²) >= 11 is 0. The van der Waals surface area contributed by atoms with Gasteiger partial charge in [-0.25, -0.2) is 15.0 Å². The Morgan fingerprint density at radius 3 is 2.81 bits per heavy atom. The average Bonchev–Trinajstić information content (AvgIpc) is 3.11. The highest BCUT2D eigenvalue weighted by molar-refractivity contribution is 5.78. The molecule has 1 amide bonds. The van der Waals surface area contributed by atoms with E-state index in [4.69, 9.17) is 5.73 Å². The zero-order chi connectivity index (χ0) is 18.7. The fraction of sp³-hybridized carbons (Fsp3) is 0.375. The van der Waals surface area contributed by atoms with Crippen molar-refractivity contribution >= 4 is 17.7 Å². The third-order valence-electron chi connectivity index (χ3n) is 4.14. The monoisotopic (exact) mass is 366 g/mol. The van der Waals surface area contributed by atoms with Crippen molar-refractivity contribution in [2.24, 2.45) is 5.73 Å². The van der Waals surface area contributed by atoms with Gasteiger partial charge in [-0.05, 0) is 24.6 Å². The average molecular weight is 366 g/mol. The van der Waals surface area contributed by atoms with Crippen LogP contribution in [0.15, 0.2) is 30.6 Å². The molecule has 1 fully saturated rings. The Morgan fingerprint density at radius 1 is 1.31 bits per heavy atom. The number of anilines is 2. The van der Waals surface area contributed by atoms with E-state index in [9.17, 15) is 18.0 Å². The summed E-state index contributed by atoms with van der Waals surface area (Å²) in [6, 6.07) is 3.52. The Balaban J connectivity index is 1.74. The second kappa shape index (κ2) is 7.24. The molecule has 10 heteroatoms. The van der Waals surface area contributed by atoms with Gasteiger partial charge in [-0.1, -0.05) is 0 Å². The maximum absolute atomic E-state index is 12.8. The Morgan fingerprint density at radius 2 is 2.08 bits per heavy atom. The topological polar surface area (TPSA) is 97.0 Å². The second-order valence-corrected chi connectivity index (χ2v) is 5.89. The van der Waals surface area contributed by atoms with Crippen LogP contribution in [0.1, 0.15) is 23.6 Å². The summed E-state index contributed by atoms with van der Waals surface area (Å²) in [4.78, 5) is 25.6. The number of nitrogens with one attached hydrogen (secondary N) is 1. The van der Waals surface area contributed by atoms with Gasteiger partial charge in [0, 0.05) is 31.4 Å². The van der Waals surface area contributed by atoms with Crippen LogP contribution in [0.3, 0.4) is 0 Å². The lowest BCUT2D eigenvalue weighted by Gasteiger charge is -2.15. The summed E-state index contributed by atoms with van der Waals surface area (Å²) < 4.78 is 38.3. The lowest BCUT2D eigenvalue weighted by atomic mass is 10.1. The number of likely N-dealkylation sites (tertiary alicyclic amines) is 1. The van der Waals surface area contributed by atoms with Crippen LogP contribution in [0.4, 0.5) is 24.9 Å². The number of rotatable bonds is 4. The molecule has 7 nitrogen and oxygen atoms in total. The molecule has 0 bridgehead atoms. The van der Waals surface area contributed by atoms with Gasteiger partial charge < -0.3 is 16.0 Å². The molecule has 0 radical (unpaired) electrons.